The zero-order valence-electron chi connectivity index (χ0n) is 11.9. The Morgan fingerprint density at radius 3 is 3.04 bits per heavy atom. The molecule has 116 valence electrons. The first-order chi connectivity index (χ1) is 11.1. The van der Waals surface area contributed by atoms with Gasteiger partial charge in [0.15, 0.2) is 11.5 Å². The Balaban J connectivity index is 1.66. The van der Waals surface area contributed by atoms with Gasteiger partial charge in [0.2, 0.25) is 0 Å². The van der Waals surface area contributed by atoms with E-state index in [4.69, 9.17) is 23.2 Å². The molecule has 0 radical (unpaired) electrons. The summed E-state index contributed by atoms with van der Waals surface area (Å²) in [5.41, 5.74) is 2.95. The molecule has 0 atom stereocenters. The normalized spacial score (nSPS) is 14.1. The standard InChI is InChI=1S/C15H11Cl2N5O/c16-9-6-19-13-12(11(9)17)20-14(21-13)15(23)22-5-3-10-8(7-22)2-1-4-18-10/h1-2,4,6H,3,5,7H2,(H,19,20,21). The van der Waals surface area contributed by atoms with Crippen molar-refractivity contribution in [3.05, 3.63) is 51.7 Å². The number of hydrogen-bond donors (Lipinski definition) is 1. The molecule has 3 aromatic heterocycles. The Hall–Kier alpha value is -2.18. The van der Waals surface area contributed by atoms with Crippen LogP contribution in [-0.2, 0) is 13.0 Å². The third-order valence-corrected chi connectivity index (χ3v) is 4.64. The Kier molecular flexibility index (Phi) is 3.43. The number of pyridine rings is 2. The number of rotatable bonds is 1. The van der Waals surface area contributed by atoms with Gasteiger partial charge in [-0.3, -0.25) is 9.78 Å². The van der Waals surface area contributed by atoms with E-state index in [0.29, 0.717) is 34.3 Å². The van der Waals surface area contributed by atoms with E-state index in [1.807, 2.05) is 12.1 Å². The third kappa shape index (κ3) is 2.44. The van der Waals surface area contributed by atoms with Crippen molar-refractivity contribution >= 4 is 40.3 Å². The highest BCUT2D eigenvalue weighted by Gasteiger charge is 2.25. The van der Waals surface area contributed by atoms with Crippen molar-refractivity contribution < 1.29 is 4.79 Å². The van der Waals surface area contributed by atoms with Gasteiger partial charge in [0.1, 0.15) is 5.52 Å². The molecule has 3 aromatic rings. The molecule has 1 aliphatic rings. The predicted octanol–water partition coefficient (Wildman–Crippen LogP) is 2.86. The number of halogens is 2. The maximum absolute atomic E-state index is 12.7. The van der Waals surface area contributed by atoms with Crippen molar-refractivity contribution in [3.8, 4) is 0 Å². The van der Waals surface area contributed by atoms with Gasteiger partial charge in [-0.05, 0) is 11.6 Å². The molecule has 0 saturated carbocycles. The summed E-state index contributed by atoms with van der Waals surface area (Å²) in [6.45, 7) is 1.11. The number of aromatic nitrogens is 4. The Labute approximate surface area is 141 Å². The van der Waals surface area contributed by atoms with Gasteiger partial charge in [-0.25, -0.2) is 9.97 Å². The number of carbonyl (C=O) groups excluding carboxylic acids is 1. The van der Waals surface area contributed by atoms with Crippen LogP contribution in [0.25, 0.3) is 11.2 Å². The Morgan fingerprint density at radius 2 is 2.17 bits per heavy atom. The number of hydrogen-bond acceptors (Lipinski definition) is 4. The molecule has 0 saturated heterocycles. The van der Waals surface area contributed by atoms with E-state index in [0.717, 1.165) is 17.7 Å². The van der Waals surface area contributed by atoms with Crippen LogP contribution in [0.2, 0.25) is 10.0 Å². The smallest absolute Gasteiger partial charge is 0.290 e. The van der Waals surface area contributed by atoms with Crippen molar-refractivity contribution in [1.29, 1.82) is 0 Å². The fourth-order valence-corrected chi connectivity index (χ4v) is 3.02. The summed E-state index contributed by atoms with van der Waals surface area (Å²) in [4.78, 5) is 30.0. The molecule has 1 aliphatic heterocycles. The highest BCUT2D eigenvalue weighted by Crippen LogP contribution is 2.28. The van der Waals surface area contributed by atoms with Crippen molar-refractivity contribution in [2.75, 3.05) is 6.54 Å². The summed E-state index contributed by atoms with van der Waals surface area (Å²) < 4.78 is 0. The molecule has 1 N–H and O–H groups in total. The van der Waals surface area contributed by atoms with Crippen LogP contribution in [0, 0.1) is 0 Å². The van der Waals surface area contributed by atoms with Crippen LogP contribution in [0.5, 0.6) is 0 Å². The summed E-state index contributed by atoms with van der Waals surface area (Å²) in [5.74, 6) is 0.0219. The molecule has 0 spiro atoms. The zero-order valence-corrected chi connectivity index (χ0v) is 13.4. The minimum Gasteiger partial charge on any atom is -0.331 e. The van der Waals surface area contributed by atoms with Crippen LogP contribution in [0.15, 0.2) is 24.5 Å². The number of nitrogens with one attached hydrogen (secondary N) is 1. The fraction of sp³-hybridized carbons (Fsp3) is 0.200. The van der Waals surface area contributed by atoms with Gasteiger partial charge in [-0.2, -0.15) is 0 Å². The molecular formula is C15H11Cl2N5O. The van der Waals surface area contributed by atoms with Crippen LogP contribution in [0.3, 0.4) is 0 Å². The van der Waals surface area contributed by atoms with E-state index in [-0.39, 0.29) is 11.7 Å². The summed E-state index contributed by atoms with van der Waals surface area (Å²) >= 11 is 12.1. The van der Waals surface area contributed by atoms with Gasteiger partial charge in [0.05, 0.1) is 10.0 Å². The van der Waals surface area contributed by atoms with Crippen molar-refractivity contribution in [2.45, 2.75) is 13.0 Å². The van der Waals surface area contributed by atoms with Gasteiger partial charge in [-0.15, -0.1) is 0 Å². The van der Waals surface area contributed by atoms with E-state index in [9.17, 15) is 4.79 Å². The second-order valence-corrected chi connectivity index (χ2v) is 6.08. The molecule has 0 unspecified atom stereocenters. The molecular weight excluding hydrogens is 337 g/mol. The van der Waals surface area contributed by atoms with E-state index in [1.54, 1.807) is 11.1 Å². The van der Waals surface area contributed by atoms with Crippen LogP contribution in [-0.4, -0.2) is 37.3 Å². The van der Waals surface area contributed by atoms with Gasteiger partial charge in [0.25, 0.3) is 5.91 Å². The number of H-pyrrole nitrogens is 1. The van der Waals surface area contributed by atoms with Crippen molar-refractivity contribution in [2.24, 2.45) is 0 Å². The highest BCUT2D eigenvalue weighted by molar-refractivity contribution is 6.44. The minimum atomic E-state index is -0.190. The molecule has 4 rings (SSSR count). The summed E-state index contributed by atoms with van der Waals surface area (Å²) in [6.07, 6.45) is 3.92. The molecule has 23 heavy (non-hydrogen) atoms. The van der Waals surface area contributed by atoms with Crippen LogP contribution in [0.1, 0.15) is 21.9 Å². The second-order valence-electron chi connectivity index (χ2n) is 5.29. The number of fused-ring (bicyclic) bond motifs is 2. The average molecular weight is 348 g/mol. The van der Waals surface area contributed by atoms with Crippen LogP contribution >= 0.6 is 23.2 Å². The maximum Gasteiger partial charge on any atom is 0.290 e. The van der Waals surface area contributed by atoms with Gasteiger partial charge < -0.3 is 9.88 Å². The number of nitrogens with zero attached hydrogens (tertiary/aromatic N) is 4. The SMILES string of the molecule is O=C(c1nc2ncc(Cl)c(Cl)c2[nH]1)N1CCc2ncccc2C1. The van der Waals surface area contributed by atoms with E-state index in [1.165, 1.54) is 6.20 Å². The molecule has 4 heterocycles. The lowest BCUT2D eigenvalue weighted by Crippen LogP contribution is -2.36. The lowest BCUT2D eigenvalue weighted by Gasteiger charge is -2.27. The molecule has 1 amide bonds. The summed E-state index contributed by atoms with van der Waals surface area (Å²) in [6, 6.07) is 3.86. The molecule has 0 bridgehead atoms. The Morgan fingerprint density at radius 1 is 1.30 bits per heavy atom. The van der Waals surface area contributed by atoms with Gasteiger partial charge >= 0.3 is 0 Å². The first-order valence-corrected chi connectivity index (χ1v) is 7.81. The number of aromatic amines is 1. The van der Waals surface area contributed by atoms with Crippen molar-refractivity contribution in [3.63, 3.8) is 0 Å². The fourth-order valence-electron chi connectivity index (χ4n) is 2.69. The molecule has 0 aliphatic carbocycles. The van der Waals surface area contributed by atoms with Crippen molar-refractivity contribution in [1.82, 2.24) is 24.8 Å². The van der Waals surface area contributed by atoms with Gasteiger partial charge in [-0.1, -0.05) is 29.3 Å². The second kappa shape index (κ2) is 5.47. The zero-order chi connectivity index (χ0) is 16.0. The quantitative estimate of drug-likeness (QED) is 0.734. The number of imidazole rings is 1. The van der Waals surface area contributed by atoms with E-state index in [2.05, 4.69) is 19.9 Å². The van der Waals surface area contributed by atoms with Crippen LogP contribution < -0.4 is 0 Å². The summed E-state index contributed by atoms with van der Waals surface area (Å²) in [7, 11) is 0. The van der Waals surface area contributed by atoms with E-state index < -0.39 is 0 Å². The molecule has 8 heteroatoms. The first-order valence-electron chi connectivity index (χ1n) is 7.05. The highest BCUT2D eigenvalue weighted by atomic mass is 35.5. The topological polar surface area (TPSA) is 74.8 Å². The van der Waals surface area contributed by atoms with Crippen LogP contribution in [0.4, 0.5) is 0 Å². The molecule has 0 aromatic carbocycles. The van der Waals surface area contributed by atoms with E-state index >= 15 is 0 Å². The molecule has 6 nitrogen and oxygen atoms in total. The Bertz CT molecular complexity index is 923. The first kappa shape index (κ1) is 14.4. The minimum absolute atomic E-state index is 0.190. The third-order valence-electron chi connectivity index (χ3n) is 3.87. The maximum atomic E-state index is 12.7. The average Bonchev–Trinajstić information content (AvgIpc) is 3.02. The lowest BCUT2D eigenvalue weighted by atomic mass is 10.1. The number of carbonyl (C=O) groups is 1. The predicted molar refractivity (Wildman–Crippen MR) is 86.6 cm³/mol. The largest absolute Gasteiger partial charge is 0.331 e. The molecule has 0 fully saturated rings. The van der Waals surface area contributed by atoms with Gasteiger partial charge in [0, 0.05) is 37.6 Å². The lowest BCUT2D eigenvalue weighted by molar-refractivity contribution is 0.0722. The number of amides is 1. The summed E-state index contributed by atoms with van der Waals surface area (Å²) in [5, 5.41) is 0.635. The monoisotopic (exact) mass is 347 g/mol.